The Balaban J connectivity index is 1.54. The molecule has 0 N–H and O–H groups in total. The van der Waals surface area contributed by atoms with E-state index in [4.69, 9.17) is 14.2 Å². The Morgan fingerprint density at radius 3 is 3.10 bits per heavy atom. The lowest BCUT2D eigenvalue weighted by Crippen LogP contribution is -2.68. The van der Waals surface area contributed by atoms with Gasteiger partial charge in [-0.1, -0.05) is 0 Å². The van der Waals surface area contributed by atoms with Gasteiger partial charge in [-0.05, 0) is 0 Å². The zero-order chi connectivity index (χ0) is 14.7. The van der Waals surface area contributed by atoms with E-state index in [0.717, 1.165) is 12.8 Å². The van der Waals surface area contributed by atoms with Crippen LogP contribution >= 0.6 is 0 Å². The second-order valence-electron chi connectivity index (χ2n) is 5.49. The summed E-state index contributed by atoms with van der Waals surface area (Å²) in [7, 11) is 1.52. The number of rotatable bonds is 4. The molecule has 2 aliphatic heterocycles. The van der Waals surface area contributed by atoms with Gasteiger partial charge in [0.15, 0.2) is 0 Å². The predicted molar refractivity (Wildman–Crippen MR) is 72.8 cm³/mol. The fourth-order valence-electron chi connectivity index (χ4n) is 2.86. The Morgan fingerprint density at radius 1 is 1.52 bits per heavy atom. The van der Waals surface area contributed by atoms with Gasteiger partial charge in [0.1, 0.15) is 18.3 Å². The number of methoxy groups -OCH3 is 1. The quantitative estimate of drug-likeness (QED) is 0.793. The summed E-state index contributed by atoms with van der Waals surface area (Å²) < 4.78 is 16.6. The number of aromatic nitrogens is 2. The lowest BCUT2D eigenvalue weighted by atomic mass is 9.84. The van der Waals surface area contributed by atoms with E-state index >= 15 is 0 Å². The first kappa shape index (κ1) is 14.2. The minimum atomic E-state index is -0.269. The third-order valence-corrected chi connectivity index (χ3v) is 3.85. The van der Waals surface area contributed by atoms with Gasteiger partial charge in [-0.3, -0.25) is 9.78 Å². The topological polar surface area (TPSA) is 73.8 Å². The molecule has 1 amide bonds. The highest BCUT2D eigenvalue weighted by Crippen LogP contribution is 2.35. The van der Waals surface area contributed by atoms with Crippen molar-refractivity contribution in [2.24, 2.45) is 0 Å². The molecule has 1 aromatic rings. The van der Waals surface area contributed by atoms with Crippen LogP contribution in [0.5, 0.6) is 5.88 Å². The molecule has 114 valence electrons. The molecular weight excluding hydrogens is 274 g/mol. The fourth-order valence-corrected chi connectivity index (χ4v) is 2.86. The number of likely N-dealkylation sites (tertiary alicyclic amines) is 1. The van der Waals surface area contributed by atoms with E-state index in [2.05, 4.69) is 9.97 Å². The summed E-state index contributed by atoms with van der Waals surface area (Å²) in [6.45, 7) is 1.97. The van der Waals surface area contributed by atoms with Crippen molar-refractivity contribution < 1.29 is 19.0 Å². The van der Waals surface area contributed by atoms with E-state index in [1.807, 2.05) is 0 Å². The molecule has 2 aliphatic rings. The molecule has 7 heteroatoms. The number of hydrogen-bond acceptors (Lipinski definition) is 6. The summed E-state index contributed by atoms with van der Waals surface area (Å²) in [6, 6.07) is 0. The van der Waals surface area contributed by atoms with Gasteiger partial charge >= 0.3 is 0 Å². The van der Waals surface area contributed by atoms with Crippen LogP contribution in [-0.4, -0.2) is 65.9 Å². The van der Waals surface area contributed by atoms with Crippen molar-refractivity contribution in [3.63, 3.8) is 0 Å². The SMILES string of the molecule is COCC(=O)N1CC2(C[C@H](Oc3cnccn3)CCO2)C1. The highest BCUT2D eigenvalue weighted by molar-refractivity contribution is 5.78. The molecule has 3 rings (SSSR count). The van der Waals surface area contributed by atoms with Gasteiger partial charge < -0.3 is 19.1 Å². The number of carbonyl (C=O) groups is 1. The minimum absolute atomic E-state index is 0.00342. The Bertz CT molecular complexity index is 490. The number of ether oxygens (including phenoxy) is 3. The molecule has 7 nitrogen and oxygen atoms in total. The first-order valence-electron chi connectivity index (χ1n) is 7.04. The van der Waals surface area contributed by atoms with Crippen molar-refractivity contribution in [2.45, 2.75) is 24.5 Å². The van der Waals surface area contributed by atoms with Gasteiger partial charge in [0.05, 0.1) is 25.9 Å². The molecule has 2 saturated heterocycles. The number of carbonyl (C=O) groups excluding carboxylic acids is 1. The molecule has 2 fully saturated rings. The van der Waals surface area contributed by atoms with Crippen molar-refractivity contribution in [2.75, 3.05) is 33.4 Å². The van der Waals surface area contributed by atoms with Gasteiger partial charge in [0.2, 0.25) is 11.8 Å². The van der Waals surface area contributed by atoms with Crippen molar-refractivity contribution in [1.82, 2.24) is 14.9 Å². The third kappa shape index (κ3) is 3.14. The second kappa shape index (κ2) is 5.95. The predicted octanol–water partition coefficient (Wildman–Crippen LogP) is 0.262. The Hall–Kier alpha value is -1.73. The van der Waals surface area contributed by atoms with E-state index in [-0.39, 0.29) is 24.2 Å². The highest BCUT2D eigenvalue weighted by atomic mass is 16.5. The van der Waals surface area contributed by atoms with Crippen LogP contribution in [0.3, 0.4) is 0 Å². The molecular formula is C14H19N3O4. The maximum absolute atomic E-state index is 11.7. The van der Waals surface area contributed by atoms with Crippen LogP contribution < -0.4 is 4.74 Å². The molecule has 1 aromatic heterocycles. The van der Waals surface area contributed by atoms with Crippen molar-refractivity contribution in [3.05, 3.63) is 18.6 Å². The zero-order valence-electron chi connectivity index (χ0n) is 12.0. The summed E-state index contributed by atoms with van der Waals surface area (Å²) in [6.07, 6.45) is 6.47. The van der Waals surface area contributed by atoms with Gasteiger partial charge in [0, 0.05) is 32.3 Å². The summed E-state index contributed by atoms with van der Waals surface area (Å²) in [5, 5.41) is 0. The molecule has 1 atom stereocenters. The highest BCUT2D eigenvalue weighted by Gasteiger charge is 2.49. The van der Waals surface area contributed by atoms with Gasteiger partial charge in [0.25, 0.3) is 0 Å². The molecule has 0 aliphatic carbocycles. The number of nitrogens with zero attached hydrogens (tertiary/aromatic N) is 3. The minimum Gasteiger partial charge on any atom is -0.473 e. The molecule has 0 radical (unpaired) electrons. The maximum Gasteiger partial charge on any atom is 0.248 e. The fraction of sp³-hybridized carbons (Fsp3) is 0.643. The molecule has 0 aromatic carbocycles. The van der Waals surface area contributed by atoms with E-state index in [0.29, 0.717) is 25.6 Å². The Labute approximate surface area is 123 Å². The summed E-state index contributed by atoms with van der Waals surface area (Å²) >= 11 is 0. The lowest BCUT2D eigenvalue weighted by Gasteiger charge is -2.52. The first-order valence-corrected chi connectivity index (χ1v) is 7.04. The van der Waals surface area contributed by atoms with Crippen molar-refractivity contribution >= 4 is 5.91 Å². The van der Waals surface area contributed by atoms with Gasteiger partial charge in [-0.2, -0.15) is 0 Å². The standard InChI is InChI=1S/C14H19N3O4/c1-19-8-13(18)17-9-14(10-17)6-11(2-5-20-14)21-12-7-15-3-4-16-12/h3-4,7,11H,2,5-6,8-10H2,1H3/t11-/m1/s1. The molecule has 21 heavy (non-hydrogen) atoms. The van der Waals surface area contributed by atoms with E-state index < -0.39 is 0 Å². The zero-order valence-corrected chi connectivity index (χ0v) is 12.0. The van der Waals surface area contributed by atoms with Crippen molar-refractivity contribution in [3.8, 4) is 5.88 Å². The average Bonchev–Trinajstić information content (AvgIpc) is 2.46. The van der Waals surface area contributed by atoms with Crippen LogP contribution in [0.15, 0.2) is 18.6 Å². The van der Waals surface area contributed by atoms with Crippen LogP contribution in [-0.2, 0) is 14.3 Å². The van der Waals surface area contributed by atoms with Crippen LogP contribution in [0.1, 0.15) is 12.8 Å². The molecule has 3 heterocycles. The van der Waals surface area contributed by atoms with E-state index in [1.54, 1.807) is 23.5 Å². The monoisotopic (exact) mass is 293 g/mol. The Morgan fingerprint density at radius 2 is 2.38 bits per heavy atom. The number of hydrogen-bond donors (Lipinski definition) is 0. The summed E-state index contributed by atoms with van der Waals surface area (Å²) in [5.41, 5.74) is -0.269. The van der Waals surface area contributed by atoms with Gasteiger partial charge in [-0.15, -0.1) is 0 Å². The molecule has 0 saturated carbocycles. The maximum atomic E-state index is 11.7. The van der Waals surface area contributed by atoms with Crippen LogP contribution in [0.25, 0.3) is 0 Å². The molecule has 1 spiro atoms. The van der Waals surface area contributed by atoms with Crippen molar-refractivity contribution in [1.29, 1.82) is 0 Å². The van der Waals surface area contributed by atoms with Crippen LogP contribution in [0.2, 0.25) is 0 Å². The van der Waals surface area contributed by atoms with Gasteiger partial charge in [-0.25, -0.2) is 4.98 Å². The van der Waals surface area contributed by atoms with E-state index in [9.17, 15) is 4.79 Å². The lowest BCUT2D eigenvalue weighted by molar-refractivity contribution is -0.195. The first-order chi connectivity index (χ1) is 10.2. The molecule has 0 unspecified atom stereocenters. The van der Waals surface area contributed by atoms with Crippen LogP contribution in [0, 0.1) is 0 Å². The summed E-state index contributed by atoms with van der Waals surface area (Å²) in [4.78, 5) is 21.6. The summed E-state index contributed by atoms with van der Waals surface area (Å²) in [5.74, 6) is 0.537. The third-order valence-electron chi connectivity index (χ3n) is 3.85. The Kier molecular flexibility index (Phi) is 4.03. The normalized spacial score (nSPS) is 23.7. The smallest absolute Gasteiger partial charge is 0.248 e. The molecule has 0 bridgehead atoms. The largest absolute Gasteiger partial charge is 0.473 e. The van der Waals surface area contributed by atoms with E-state index in [1.165, 1.54) is 7.11 Å². The average molecular weight is 293 g/mol. The number of amides is 1. The second-order valence-corrected chi connectivity index (χ2v) is 5.49. The van der Waals surface area contributed by atoms with Crippen LogP contribution in [0.4, 0.5) is 0 Å².